The van der Waals surface area contributed by atoms with Crippen LogP contribution in [0.15, 0.2) is 34.0 Å². The van der Waals surface area contributed by atoms with Gasteiger partial charge in [0.1, 0.15) is 28.9 Å². The predicted molar refractivity (Wildman–Crippen MR) is 176 cm³/mol. The molecular formula is C34H49BN4O7. The summed E-state index contributed by atoms with van der Waals surface area (Å²) in [7, 11) is 3.17. The SMILES string of the molecule is CCC(=O)CCCCC[C@H](NC(=O)C1=NOC2(CCN(C)CC2)C1)c1ncc(-c2ccc(B3OC(C)(C)C(C)(C)O3)cc2OC)o1. The number of rotatable bonds is 13. The number of methoxy groups -OCH3 is 1. The molecule has 1 N–H and O–H groups in total. The Bertz CT molecular complexity index is 1410. The molecule has 3 aliphatic heterocycles. The van der Waals surface area contributed by atoms with Gasteiger partial charge in [0.25, 0.3) is 5.91 Å². The average Bonchev–Trinajstić information content (AvgIpc) is 3.74. The molecule has 1 amide bonds. The Labute approximate surface area is 272 Å². The van der Waals surface area contributed by atoms with Crippen LogP contribution in [0, 0.1) is 0 Å². The van der Waals surface area contributed by atoms with Gasteiger partial charge in [0.05, 0.1) is 30.1 Å². The number of ether oxygens (including phenoxy) is 1. The Morgan fingerprint density at radius 2 is 1.80 bits per heavy atom. The summed E-state index contributed by atoms with van der Waals surface area (Å²) in [4.78, 5) is 38.0. The summed E-state index contributed by atoms with van der Waals surface area (Å²) in [5, 5.41) is 7.34. The second-order valence-electron chi connectivity index (χ2n) is 13.9. The van der Waals surface area contributed by atoms with E-state index in [1.807, 2.05) is 52.8 Å². The Hall–Kier alpha value is -3.22. The number of oxazole rings is 1. The number of piperidine rings is 1. The number of Topliss-reactive ketones (excluding diaryl/α,β-unsaturated/α-hetero) is 1. The van der Waals surface area contributed by atoms with Crippen molar-refractivity contribution in [3.05, 3.63) is 30.3 Å². The van der Waals surface area contributed by atoms with Crippen LogP contribution in [0.5, 0.6) is 5.75 Å². The monoisotopic (exact) mass is 636 g/mol. The molecule has 0 bridgehead atoms. The van der Waals surface area contributed by atoms with Crippen LogP contribution in [0.25, 0.3) is 11.3 Å². The smallest absolute Gasteiger partial charge is 0.494 e. The maximum atomic E-state index is 13.5. The molecule has 3 aliphatic rings. The van der Waals surface area contributed by atoms with Crippen molar-refractivity contribution in [1.82, 2.24) is 15.2 Å². The van der Waals surface area contributed by atoms with Gasteiger partial charge in [-0.05, 0) is 65.2 Å². The summed E-state index contributed by atoms with van der Waals surface area (Å²) in [5.74, 6) is 1.51. The molecule has 2 aromatic rings. The standard InChI is InChI=1S/C34H49BN4O7/c1-8-24(40)12-10-9-11-13-26(37-30(41)27-21-34(46-38-27)16-18-39(6)19-17-34)31-36-22-29(43-31)25-15-14-23(20-28(25)42-7)35-44-32(2,3)33(4,5)45-35/h14-15,20,22,26H,8-13,16-19,21H2,1-7H3,(H,37,41)/t26-/m0/s1. The van der Waals surface area contributed by atoms with Crippen molar-refractivity contribution in [3.63, 3.8) is 0 Å². The summed E-state index contributed by atoms with van der Waals surface area (Å²) in [6.07, 6.45) is 8.02. The highest BCUT2D eigenvalue weighted by atomic mass is 16.7. The molecule has 1 aromatic carbocycles. The molecule has 0 radical (unpaired) electrons. The normalized spacial score (nSPS) is 20.8. The van der Waals surface area contributed by atoms with E-state index in [4.69, 9.17) is 23.3 Å². The van der Waals surface area contributed by atoms with E-state index in [1.165, 1.54) is 0 Å². The first-order chi connectivity index (χ1) is 21.8. The quantitative estimate of drug-likeness (QED) is 0.240. The van der Waals surface area contributed by atoms with Crippen LogP contribution in [-0.4, -0.2) is 78.5 Å². The number of carbonyl (C=O) groups is 2. The Morgan fingerprint density at radius 3 is 2.48 bits per heavy atom. The summed E-state index contributed by atoms with van der Waals surface area (Å²) >= 11 is 0. The lowest BCUT2D eigenvalue weighted by Crippen LogP contribution is -2.44. The maximum absolute atomic E-state index is 13.5. The van der Waals surface area contributed by atoms with Crippen molar-refractivity contribution in [3.8, 4) is 17.1 Å². The maximum Gasteiger partial charge on any atom is 0.494 e. The minimum atomic E-state index is -0.526. The van der Waals surface area contributed by atoms with Crippen LogP contribution >= 0.6 is 0 Å². The average molecular weight is 637 g/mol. The fourth-order valence-electron chi connectivity index (χ4n) is 6.07. The lowest BCUT2D eigenvalue weighted by molar-refractivity contribution is -0.119. The van der Waals surface area contributed by atoms with Gasteiger partial charge in [-0.2, -0.15) is 0 Å². The topological polar surface area (TPSA) is 125 Å². The fourth-order valence-corrected chi connectivity index (χ4v) is 6.07. The third-order valence-corrected chi connectivity index (χ3v) is 9.99. The molecule has 2 fully saturated rings. The lowest BCUT2D eigenvalue weighted by atomic mass is 9.78. The van der Waals surface area contributed by atoms with Crippen LogP contribution in [0.3, 0.4) is 0 Å². The van der Waals surface area contributed by atoms with E-state index in [1.54, 1.807) is 13.3 Å². The van der Waals surface area contributed by atoms with Crippen LogP contribution in [0.1, 0.15) is 104 Å². The van der Waals surface area contributed by atoms with Crippen molar-refractivity contribution in [1.29, 1.82) is 0 Å². The van der Waals surface area contributed by atoms with Gasteiger partial charge < -0.3 is 33.5 Å². The number of carbonyl (C=O) groups excluding carboxylic acids is 2. The van der Waals surface area contributed by atoms with Crippen LogP contribution < -0.4 is 15.5 Å². The third-order valence-electron chi connectivity index (χ3n) is 9.99. The zero-order chi connectivity index (χ0) is 33.1. The van der Waals surface area contributed by atoms with Crippen molar-refractivity contribution >= 4 is 30.0 Å². The van der Waals surface area contributed by atoms with Crippen LogP contribution in [-0.2, 0) is 23.7 Å². The number of unbranched alkanes of at least 4 members (excludes halogenated alkanes) is 2. The van der Waals surface area contributed by atoms with Gasteiger partial charge in [-0.25, -0.2) is 4.98 Å². The molecule has 11 nitrogen and oxygen atoms in total. The second-order valence-corrected chi connectivity index (χ2v) is 13.9. The fraction of sp³-hybridized carbons (Fsp3) is 0.647. The molecule has 0 unspecified atom stereocenters. The van der Waals surface area contributed by atoms with E-state index in [0.717, 1.165) is 56.2 Å². The molecule has 2 saturated heterocycles. The highest BCUT2D eigenvalue weighted by Crippen LogP contribution is 2.38. The first-order valence-electron chi connectivity index (χ1n) is 16.6. The molecule has 1 atom stereocenters. The van der Waals surface area contributed by atoms with Crippen molar-refractivity contribution < 1.29 is 32.9 Å². The van der Waals surface area contributed by atoms with Gasteiger partial charge in [-0.3, -0.25) is 9.59 Å². The summed E-state index contributed by atoms with van der Waals surface area (Å²) < 4.78 is 24.5. The van der Waals surface area contributed by atoms with Gasteiger partial charge in [-0.1, -0.05) is 31.0 Å². The number of nitrogens with zero attached hydrogens (tertiary/aromatic N) is 3. The number of benzene rings is 1. The molecular weight excluding hydrogens is 587 g/mol. The van der Waals surface area contributed by atoms with Gasteiger partial charge in [0.2, 0.25) is 5.89 Å². The molecule has 0 aliphatic carbocycles. The van der Waals surface area contributed by atoms with E-state index in [2.05, 4.69) is 27.4 Å². The molecule has 0 saturated carbocycles. The summed E-state index contributed by atoms with van der Waals surface area (Å²) in [6, 6.07) is 5.27. The molecule has 250 valence electrons. The Kier molecular flexibility index (Phi) is 10.3. The van der Waals surface area contributed by atoms with Crippen molar-refractivity contribution in [2.75, 3.05) is 27.2 Å². The molecule has 1 spiro atoms. The molecule has 4 heterocycles. The van der Waals surface area contributed by atoms with Crippen LogP contribution in [0.2, 0.25) is 0 Å². The van der Waals surface area contributed by atoms with E-state index >= 15 is 0 Å². The molecule has 5 rings (SSSR count). The second kappa shape index (κ2) is 13.9. The summed E-state index contributed by atoms with van der Waals surface area (Å²) in [5.41, 5.74) is 0.639. The summed E-state index contributed by atoms with van der Waals surface area (Å²) in [6.45, 7) is 11.8. The first kappa shape index (κ1) is 34.1. The zero-order valence-electron chi connectivity index (χ0n) is 28.4. The van der Waals surface area contributed by atoms with Gasteiger partial charge >= 0.3 is 7.12 Å². The van der Waals surface area contributed by atoms with E-state index < -0.39 is 30.0 Å². The number of nitrogens with one attached hydrogen (secondary N) is 1. The minimum absolute atomic E-state index is 0.266. The van der Waals surface area contributed by atoms with Crippen molar-refractivity contribution in [2.45, 2.75) is 115 Å². The van der Waals surface area contributed by atoms with Gasteiger partial charge in [0.15, 0.2) is 5.76 Å². The van der Waals surface area contributed by atoms with Gasteiger partial charge in [-0.15, -0.1) is 0 Å². The van der Waals surface area contributed by atoms with E-state index in [9.17, 15) is 9.59 Å². The number of oxime groups is 1. The van der Waals surface area contributed by atoms with E-state index in [0.29, 0.717) is 48.8 Å². The highest BCUT2D eigenvalue weighted by Gasteiger charge is 2.52. The van der Waals surface area contributed by atoms with E-state index in [-0.39, 0.29) is 11.7 Å². The Balaban J connectivity index is 1.31. The number of amides is 1. The van der Waals surface area contributed by atoms with Gasteiger partial charge in [0, 0.05) is 45.2 Å². The number of aromatic nitrogens is 1. The number of hydrogen-bond donors (Lipinski definition) is 1. The highest BCUT2D eigenvalue weighted by molar-refractivity contribution is 6.62. The molecule has 1 aromatic heterocycles. The number of likely N-dealkylation sites (tertiary alicyclic amines) is 1. The first-order valence-corrected chi connectivity index (χ1v) is 16.6. The number of hydrogen-bond acceptors (Lipinski definition) is 10. The van der Waals surface area contributed by atoms with Crippen LogP contribution in [0.4, 0.5) is 0 Å². The third kappa shape index (κ3) is 7.50. The zero-order valence-corrected chi connectivity index (χ0v) is 28.4. The Morgan fingerprint density at radius 1 is 1.09 bits per heavy atom. The largest absolute Gasteiger partial charge is 0.496 e. The number of ketones is 1. The molecule has 12 heteroatoms. The molecule has 46 heavy (non-hydrogen) atoms. The minimum Gasteiger partial charge on any atom is -0.496 e. The predicted octanol–water partition coefficient (Wildman–Crippen LogP) is 4.98. The van der Waals surface area contributed by atoms with Crippen molar-refractivity contribution in [2.24, 2.45) is 5.16 Å². The lowest BCUT2D eigenvalue weighted by Gasteiger charge is -2.35.